The first-order chi connectivity index (χ1) is 7.99. The minimum absolute atomic E-state index is 0.0198. The Kier molecular flexibility index (Phi) is 3.50. The molecule has 2 heterocycles. The Balaban J connectivity index is 2.63. The average molecular weight is 381 g/mol. The van der Waals surface area contributed by atoms with Gasteiger partial charge in [-0.2, -0.15) is 5.10 Å². The van der Waals surface area contributed by atoms with E-state index in [0.717, 1.165) is 0 Å². The molecule has 0 saturated carbocycles. The molecule has 0 aliphatic rings. The molecule has 8 heteroatoms. The van der Waals surface area contributed by atoms with Gasteiger partial charge in [-0.1, -0.05) is 11.6 Å². The Labute approximate surface area is 118 Å². The summed E-state index contributed by atoms with van der Waals surface area (Å²) in [6.07, 6.45) is 1.52. The minimum Gasteiger partial charge on any atom is -0.477 e. The molecular formula is C9H4Br2ClN3O2. The maximum atomic E-state index is 11.0. The van der Waals surface area contributed by atoms with Gasteiger partial charge in [-0.05, 0) is 37.9 Å². The highest BCUT2D eigenvalue weighted by Crippen LogP contribution is 2.24. The first-order valence-electron chi connectivity index (χ1n) is 4.29. The van der Waals surface area contributed by atoms with Gasteiger partial charge in [0, 0.05) is 16.7 Å². The van der Waals surface area contributed by atoms with Gasteiger partial charge in [-0.15, -0.1) is 0 Å². The fourth-order valence-electron chi connectivity index (χ4n) is 1.23. The van der Waals surface area contributed by atoms with Gasteiger partial charge in [0.15, 0.2) is 11.5 Å². The molecular weight excluding hydrogens is 377 g/mol. The maximum absolute atomic E-state index is 11.0. The highest BCUT2D eigenvalue weighted by atomic mass is 79.9. The number of carboxylic acid groups (broad SMARTS) is 1. The summed E-state index contributed by atoms with van der Waals surface area (Å²) in [5.74, 6) is -0.845. The number of nitrogens with zero attached hydrogens (tertiary/aromatic N) is 3. The SMILES string of the molecule is O=C(O)c1cc(Br)nn1-c1ncc(Br)cc1Cl. The Morgan fingerprint density at radius 3 is 2.71 bits per heavy atom. The summed E-state index contributed by atoms with van der Waals surface area (Å²) in [7, 11) is 0. The highest BCUT2D eigenvalue weighted by molar-refractivity contribution is 9.10. The van der Waals surface area contributed by atoms with Gasteiger partial charge in [-0.3, -0.25) is 0 Å². The molecule has 2 aromatic rings. The lowest BCUT2D eigenvalue weighted by Gasteiger charge is -2.05. The van der Waals surface area contributed by atoms with Gasteiger partial charge < -0.3 is 5.11 Å². The van der Waals surface area contributed by atoms with Crippen molar-refractivity contribution in [2.24, 2.45) is 0 Å². The van der Waals surface area contributed by atoms with Crippen LogP contribution in [0, 0.1) is 0 Å². The summed E-state index contributed by atoms with van der Waals surface area (Å²) in [6.45, 7) is 0. The van der Waals surface area contributed by atoms with Crippen LogP contribution in [0.25, 0.3) is 5.82 Å². The van der Waals surface area contributed by atoms with E-state index in [1.807, 2.05) is 0 Å². The average Bonchev–Trinajstić information content (AvgIpc) is 2.60. The van der Waals surface area contributed by atoms with E-state index in [4.69, 9.17) is 16.7 Å². The molecule has 0 atom stereocenters. The third-order valence-corrected chi connectivity index (χ3v) is 2.99. The van der Waals surface area contributed by atoms with Crippen molar-refractivity contribution < 1.29 is 9.90 Å². The van der Waals surface area contributed by atoms with E-state index in [0.29, 0.717) is 14.1 Å². The second-order valence-corrected chi connectivity index (χ2v) is 5.16. The molecule has 2 aromatic heterocycles. The van der Waals surface area contributed by atoms with Crippen LogP contribution in [0.4, 0.5) is 0 Å². The highest BCUT2D eigenvalue weighted by Gasteiger charge is 2.17. The number of aromatic nitrogens is 3. The summed E-state index contributed by atoms with van der Waals surface area (Å²) in [4.78, 5) is 15.1. The molecule has 5 nitrogen and oxygen atoms in total. The first kappa shape index (κ1) is 12.5. The maximum Gasteiger partial charge on any atom is 0.354 e. The fourth-order valence-corrected chi connectivity index (χ4v) is 2.31. The molecule has 0 amide bonds. The van der Waals surface area contributed by atoms with E-state index in [1.165, 1.54) is 16.9 Å². The van der Waals surface area contributed by atoms with Crippen LogP contribution in [0.15, 0.2) is 27.4 Å². The van der Waals surface area contributed by atoms with Crippen LogP contribution in [0.3, 0.4) is 0 Å². The van der Waals surface area contributed by atoms with Gasteiger partial charge >= 0.3 is 5.97 Å². The molecule has 0 aromatic carbocycles. The lowest BCUT2D eigenvalue weighted by molar-refractivity contribution is 0.0687. The lowest BCUT2D eigenvalue weighted by atomic mass is 10.4. The first-order valence-corrected chi connectivity index (χ1v) is 6.25. The van der Waals surface area contributed by atoms with Gasteiger partial charge in [-0.25, -0.2) is 14.5 Å². The van der Waals surface area contributed by atoms with Crippen molar-refractivity contribution in [3.05, 3.63) is 38.1 Å². The van der Waals surface area contributed by atoms with Crippen LogP contribution in [-0.2, 0) is 0 Å². The van der Waals surface area contributed by atoms with E-state index >= 15 is 0 Å². The van der Waals surface area contributed by atoms with Crippen molar-refractivity contribution in [1.82, 2.24) is 14.8 Å². The van der Waals surface area contributed by atoms with Crippen LogP contribution in [-0.4, -0.2) is 25.8 Å². The van der Waals surface area contributed by atoms with Gasteiger partial charge in [0.05, 0.1) is 5.02 Å². The number of aromatic carboxylic acids is 1. The largest absolute Gasteiger partial charge is 0.477 e. The normalized spacial score (nSPS) is 10.5. The number of halogens is 3. The smallest absolute Gasteiger partial charge is 0.354 e. The molecule has 0 radical (unpaired) electrons. The second kappa shape index (κ2) is 4.75. The van der Waals surface area contributed by atoms with E-state index in [-0.39, 0.29) is 11.5 Å². The number of pyridine rings is 1. The summed E-state index contributed by atoms with van der Waals surface area (Å²) in [5, 5.41) is 13.3. The van der Waals surface area contributed by atoms with Gasteiger partial charge in [0.1, 0.15) is 4.60 Å². The summed E-state index contributed by atoms with van der Waals surface area (Å²) >= 11 is 12.3. The van der Waals surface area contributed by atoms with Crippen molar-refractivity contribution in [3.8, 4) is 5.82 Å². The van der Waals surface area contributed by atoms with Crippen LogP contribution < -0.4 is 0 Å². The molecule has 88 valence electrons. The minimum atomic E-state index is -1.11. The zero-order chi connectivity index (χ0) is 12.6. The fraction of sp³-hybridized carbons (Fsp3) is 0. The van der Waals surface area contributed by atoms with E-state index in [9.17, 15) is 4.79 Å². The number of carbonyl (C=O) groups is 1. The molecule has 0 aliphatic heterocycles. The van der Waals surface area contributed by atoms with Crippen molar-refractivity contribution in [2.75, 3.05) is 0 Å². The predicted molar refractivity (Wildman–Crippen MR) is 68.7 cm³/mol. The summed E-state index contributed by atoms with van der Waals surface area (Å²) in [6, 6.07) is 2.99. The standard InChI is InChI=1S/C9H4Br2ClN3O2/c10-4-1-5(12)8(13-3-4)15-6(9(16)17)2-7(11)14-15/h1-3H,(H,16,17). The second-order valence-electron chi connectivity index (χ2n) is 3.03. The molecule has 0 fully saturated rings. The third-order valence-electron chi connectivity index (χ3n) is 1.89. The van der Waals surface area contributed by atoms with Crippen LogP contribution in [0.1, 0.15) is 10.5 Å². The molecule has 0 unspecified atom stereocenters. The Morgan fingerprint density at radius 2 is 2.12 bits per heavy atom. The predicted octanol–water partition coefficient (Wildman–Crippen LogP) is 3.14. The van der Waals surface area contributed by atoms with Crippen LogP contribution >= 0.6 is 43.5 Å². The zero-order valence-electron chi connectivity index (χ0n) is 8.06. The number of hydrogen-bond acceptors (Lipinski definition) is 3. The number of hydrogen-bond donors (Lipinski definition) is 1. The number of carboxylic acids is 1. The molecule has 0 spiro atoms. The van der Waals surface area contributed by atoms with E-state index in [1.54, 1.807) is 6.07 Å². The summed E-state index contributed by atoms with van der Waals surface area (Å²) < 4.78 is 2.27. The van der Waals surface area contributed by atoms with Crippen LogP contribution in [0.5, 0.6) is 0 Å². The van der Waals surface area contributed by atoms with Crippen LogP contribution in [0.2, 0.25) is 5.02 Å². The number of rotatable bonds is 2. The van der Waals surface area contributed by atoms with Crippen molar-refractivity contribution in [2.45, 2.75) is 0 Å². The topological polar surface area (TPSA) is 68.0 Å². The third kappa shape index (κ3) is 2.51. The lowest BCUT2D eigenvalue weighted by Crippen LogP contribution is -2.09. The molecule has 0 saturated heterocycles. The molecule has 0 aliphatic carbocycles. The van der Waals surface area contributed by atoms with Crippen molar-refractivity contribution in [3.63, 3.8) is 0 Å². The summed E-state index contributed by atoms with van der Waals surface area (Å²) in [5.41, 5.74) is -0.0198. The quantitative estimate of drug-likeness (QED) is 0.868. The zero-order valence-corrected chi connectivity index (χ0v) is 12.0. The molecule has 1 N–H and O–H groups in total. The van der Waals surface area contributed by atoms with Crippen molar-refractivity contribution in [1.29, 1.82) is 0 Å². The van der Waals surface area contributed by atoms with Crippen molar-refractivity contribution >= 4 is 49.4 Å². The van der Waals surface area contributed by atoms with Gasteiger partial charge in [0.2, 0.25) is 0 Å². The Bertz CT molecular complexity index is 600. The monoisotopic (exact) mass is 379 g/mol. The molecule has 2 rings (SSSR count). The Hall–Kier alpha value is -0.920. The van der Waals surface area contributed by atoms with E-state index in [2.05, 4.69) is 41.9 Å². The van der Waals surface area contributed by atoms with Gasteiger partial charge in [0.25, 0.3) is 0 Å². The Morgan fingerprint density at radius 1 is 1.41 bits per heavy atom. The molecule has 17 heavy (non-hydrogen) atoms. The van der Waals surface area contributed by atoms with E-state index < -0.39 is 5.97 Å². The molecule has 0 bridgehead atoms.